The summed E-state index contributed by atoms with van der Waals surface area (Å²) in [5.41, 5.74) is 2.13. The molecule has 0 aliphatic carbocycles. The predicted octanol–water partition coefficient (Wildman–Crippen LogP) is 4.13. The first-order valence-electron chi connectivity index (χ1n) is 9.45. The van der Waals surface area contributed by atoms with Crippen molar-refractivity contribution < 1.29 is 12.8 Å². The smallest absolute Gasteiger partial charge is 0.336 e. The van der Waals surface area contributed by atoms with Crippen molar-refractivity contribution in [1.82, 2.24) is 9.21 Å². The van der Waals surface area contributed by atoms with Gasteiger partial charge in [0.1, 0.15) is 5.58 Å². The molecule has 4 rings (SSSR count). The van der Waals surface area contributed by atoms with Gasteiger partial charge in [0, 0.05) is 53.1 Å². The SMILES string of the molecule is Cc1ccc2c(CN3CCN(S(=O)(=O)c4cc(Br)ccc4Br)CC3)cc(=O)oc2c1. The largest absolute Gasteiger partial charge is 0.423 e. The van der Waals surface area contributed by atoms with Crippen LogP contribution in [0.3, 0.4) is 0 Å². The topological polar surface area (TPSA) is 70.8 Å². The predicted molar refractivity (Wildman–Crippen MR) is 123 cm³/mol. The van der Waals surface area contributed by atoms with Crippen LogP contribution in [0, 0.1) is 6.92 Å². The minimum Gasteiger partial charge on any atom is -0.423 e. The Bertz CT molecular complexity index is 1270. The molecule has 2 aromatic carbocycles. The van der Waals surface area contributed by atoms with Crippen LogP contribution in [0.15, 0.2) is 65.5 Å². The van der Waals surface area contributed by atoms with E-state index in [1.165, 1.54) is 10.4 Å². The van der Waals surface area contributed by atoms with Crippen molar-refractivity contribution in [1.29, 1.82) is 0 Å². The second-order valence-electron chi connectivity index (χ2n) is 7.35. The summed E-state index contributed by atoms with van der Waals surface area (Å²) in [6.07, 6.45) is 0. The molecule has 1 aliphatic rings. The lowest BCUT2D eigenvalue weighted by molar-refractivity contribution is 0.182. The first-order valence-corrected chi connectivity index (χ1v) is 12.5. The molecule has 9 heteroatoms. The molecule has 1 aromatic heterocycles. The second kappa shape index (κ2) is 8.55. The summed E-state index contributed by atoms with van der Waals surface area (Å²) in [7, 11) is -3.59. The number of rotatable bonds is 4. The zero-order valence-electron chi connectivity index (χ0n) is 16.3. The van der Waals surface area contributed by atoms with Crippen molar-refractivity contribution >= 4 is 52.9 Å². The molecule has 30 heavy (non-hydrogen) atoms. The molecule has 158 valence electrons. The Morgan fingerprint density at radius 2 is 1.73 bits per heavy atom. The van der Waals surface area contributed by atoms with Crippen molar-refractivity contribution in [3.63, 3.8) is 0 Å². The van der Waals surface area contributed by atoms with Crippen LogP contribution in [-0.2, 0) is 16.6 Å². The zero-order valence-corrected chi connectivity index (χ0v) is 20.3. The number of fused-ring (bicyclic) bond motifs is 1. The van der Waals surface area contributed by atoms with Crippen molar-refractivity contribution in [2.45, 2.75) is 18.4 Å². The van der Waals surface area contributed by atoms with E-state index < -0.39 is 10.0 Å². The minimum atomic E-state index is -3.59. The summed E-state index contributed by atoms with van der Waals surface area (Å²) in [5.74, 6) is 0. The van der Waals surface area contributed by atoms with Gasteiger partial charge in [0.05, 0.1) is 4.90 Å². The van der Waals surface area contributed by atoms with E-state index in [0.717, 1.165) is 16.5 Å². The monoisotopic (exact) mass is 554 g/mol. The number of hydrogen-bond donors (Lipinski definition) is 0. The maximum absolute atomic E-state index is 13.1. The van der Waals surface area contributed by atoms with Gasteiger partial charge in [0.25, 0.3) is 0 Å². The fourth-order valence-electron chi connectivity index (χ4n) is 3.65. The third-order valence-corrected chi connectivity index (χ3v) is 8.61. The zero-order chi connectivity index (χ0) is 21.5. The van der Waals surface area contributed by atoms with E-state index >= 15 is 0 Å². The van der Waals surface area contributed by atoms with Gasteiger partial charge in [0.15, 0.2) is 0 Å². The number of nitrogens with zero attached hydrogens (tertiary/aromatic N) is 2. The standard InChI is InChI=1S/C21H20Br2N2O4S/c1-14-2-4-17-15(11-21(26)29-19(17)10-14)13-24-6-8-25(9-7-24)30(27,28)20-12-16(22)3-5-18(20)23/h2-5,10-12H,6-9,13H2,1H3. The summed E-state index contributed by atoms with van der Waals surface area (Å²) >= 11 is 6.69. The number of aryl methyl sites for hydroxylation is 1. The van der Waals surface area contributed by atoms with Gasteiger partial charge in [0.2, 0.25) is 10.0 Å². The molecule has 1 saturated heterocycles. The van der Waals surface area contributed by atoms with Gasteiger partial charge in [-0.1, -0.05) is 28.1 Å². The first kappa shape index (κ1) is 21.7. The third kappa shape index (κ3) is 4.40. The van der Waals surface area contributed by atoms with E-state index in [0.29, 0.717) is 47.3 Å². The summed E-state index contributed by atoms with van der Waals surface area (Å²) in [6, 6.07) is 12.5. The number of hydrogen-bond acceptors (Lipinski definition) is 5. The highest BCUT2D eigenvalue weighted by Crippen LogP contribution is 2.29. The van der Waals surface area contributed by atoms with Gasteiger partial charge in [-0.25, -0.2) is 13.2 Å². The van der Waals surface area contributed by atoms with Crippen LogP contribution in [0.2, 0.25) is 0 Å². The van der Waals surface area contributed by atoms with Crippen LogP contribution in [0.25, 0.3) is 11.0 Å². The second-order valence-corrected chi connectivity index (χ2v) is 11.0. The fourth-order valence-corrected chi connectivity index (χ4v) is 6.54. The lowest BCUT2D eigenvalue weighted by Crippen LogP contribution is -2.48. The molecule has 0 bridgehead atoms. The maximum atomic E-state index is 13.1. The molecular formula is C21H20Br2N2O4S. The highest BCUT2D eigenvalue weighted by atomic mass is 79.9. The Kier molecular flexibility index (Phi) is 6.18. The van der Waals surface area contributed by atoms with Crippen LogP contribution in [-0.4, -0.2) is 43.8 Å². The molecule has 0 unspecified atom stereocenters. The molecule has 0 amide bonds. The molecule has 2 heterocycles. The van der Waals surface area contributed by atoms with Gasteiger partial charge >= 0.3 is 5.63 Å². The molecule has 0 N–H and O–H groups in total. The number of sulfonamides is 1. The van der Waals surface area contributed by atoms with E-state index in [2.05, 4.69) is 36.8 Å². The number of halogens is 2. The summed E-state index contributed by atoms with van der Waals surface area (Å²) < 4.78 is 34.3. The quantitative estimate of drug-likeness (QED) is 0.453. The summed E-state index contributed by atoms with van der Waals surface area (Å²) in [5, 5.41) is 0.910. The van der Waals surface area contributed by atoms with Crippen LogP contribution in [0.5, 0.6) is 0 Å². The molecule has 0 saturated carbocycles. The normalized spacial score (nSPS) is 16.2. The summed E-state index contributed by atoms with van der Waals surface area (Å²) in [6.45, 7) is 4.46. The third-order valence-electron chi connectivity index (χ3n) is 5.22. The number of piperazine rings is 1. The van der Waals surface area contributed by atoms with E-state index in [1.807, 2.05) is 25.1 Å². The van der Waals surface area contributed by atoms with E-state index in [9.17, 15) is 13.2 Å². The van der Waals surface area contributed by atoms with Gasteiger partial charge in [-0.3, -0.25) is 4.90 Å². The van der Waals surface area contributed by atoms with E-state index in [-0.39, 0.29) is 10.5 Å². The molecular weight excluding hydrogens is 536 g/mol. The Morgan fingerprint density at radius 1 is 1.00 bits per heavy atom. The fraction of sp³-hybridized carbons (Fsp3) is 0.286. The van der Waals surface area contributed by atoms with Gasteiger partial charge in [-0.05, 0) is 58.2 Å². The Hall–Kier alpha value is -1.52. The van der Waals surface area contributed by atoms with E-state index in [1.54, 1.807) is 18.2 Å². The van der Waals surface area contributed by atoms with Crippen molar-refractivity contribution in [2.75, 3.05) is 26.2 Å². The molecule has 1 fully saturated rings. The summed E-state index contributed by atoms with van der Waals surface area (Å²) in [4.78, 5) is 14.4. The first-order chi connectivity index (χ1) is 14.2. The Morgan fingerprint density at radius 3 is 2.47 bits per heavy atom. The maximum Gasteiger partial charge on any atom is 0.336 e. The Labute approximate surface area is 191 Å². The average molecular weight is 556 g/mol. The van der Waals surface area contributed by atoms with Crippen LogP contribution in [0.4, 0.5) is 0 Å². The van der Waals surface area contributed by atoms with Crippen LogP contribution < -0.4 is 5.63 Å². The van der Waals surface area contributed by atoms with Gasteiger partial charge in [-0.15, -0.1) is 0 Å². The van der Waals surface area contributed by atoms with Crippen molar-refractivity contribution in [2.24, 2.45) is 0 Å². The minimum absolute atomic E-state index is 0.257. The molecule has 1 aliphatic heterocycles. The molecule has 0 radical (unpaired) electrons. The van der Waals surface area contributed by atoms with E-state index in [4.69, 9.17) is 4.42 Å². The van der Waals surface area contributed by atoms with Crippen molar-refractivity contribution in [3.05, 3.63) is 73.0 Å². The lowest BCUT2D eigenvalue weighted by Gasteiger charge is -2.34. The molecule has 3 aromatic rings. The molecule has 6 nitrogen and oxygen atoms in total. The average Bonchev–Trinajstić information content (AvgIpc) is 2.69. The number of benzene rings is 2. The van der Waals surface area contributed by atoms with Gasteiger partial charge in [-0.2, -0.15) is 4.31 Å². The molecule has 0 atom stereocenters. The van der Waals surface area contributed by atoms with Crippen molar-refractivity contribution in [3.8, 4) is 0 Å². The van der Waals surface area contributed by atoms with Crippen LogP contribution in [0.1, 0.15) is 11.1 Å². The highest BCUT2D eigenvalue weighted by Gasteiger charge is 2.30. The lowest BCUT2D eigenvalue weighted by atomic mass is 10.1. The van der Waals surface area contributed by atoms with Gasteiger partial charge < -0.3 is 4.42 Å². The Balaban J connectivity index is 1.51. The molecule has 0 spiro atoms. The highest BCUT2D eigenvalue weighted by molar-refractivity contribution is 9.11. The van der Waals surface area contributed by atoms with Crippen LogP contribution >= 0.6 is 31.9 Å².